The molecule has 6 nitrogen and oxygen atoms in total. The highest BCUT2D eigenvalue weighted by atomic mass is 32.1. The minimum absolute atomic E-state index is 0.0538. The fraction of sp³-hybridized carbons (Fsp3) is 0.462. The zero-order valence-electron chi connectivity index (χ0n) is 11.7. The third-order valence-corrected chi connectivity index (χ3v) is 3.51. The molecule has 0 atom stereocenters. The van der Waals surface area contributed by atoms with E-state index in [-0.39, 0.29) is 12.5 Å². The Morgan fingerprint density at radius 3 is 2.75 bits per heavy atom. The van der Waals surface area contributed by atoms with E-state index in [2.05, 4.69) is 11.6 Å². The van der Waals surface area contributed by atoms with E-state index < -0.39 is 5.97 Å². The first kappa shape index (κ1) is 16.3. The minimum atomic E-state index is -0.888. The standard InChI is InChI=1S/C13H19N3O3S/c1-4-6-15(8-12(18)19)7-11-9-20-13(14-11)16(5-2)10(3)17/h4,9H,1,5-8H2,2-3H3,(H,18,19). The van der Waals surface area contributed by atoms with Crippen LogP contribution in [0.1, 0.15) is 19.5 Å². The van der Waals surface area contributed by atoms with Gasteiger partial charge >= 0.3 is 5.97 Å². The topological polar surface area (TPSA) is 73.7 Å². The molecule has 0 unspecified atom stereocenters. The van der Waals surface area contributed by atoms with Gasteiger partial charge in [-0.1, -0.05) is 6.08 Å². The Labute approximate surface area is 122 Å². The average Bonchev–Trinajstić information content (AvgIpc) is 2.77. The van der Waals surface area contributed by atoms with E-state index in [4.69, 9.17) is 5.11 Å². The molecule has 0 fully saturated rings. The van der Waals surface area contributed by atoms with Crippen LogP contribution in [0.4, 0.5) is 5.13 Å². The Kier molecular flexibility index (Phi) is 6.33. The number of carbonyl (C=O) groups is 2. The predicted molar refractivity (Wildman–Crippen MR) is 78.9 cm³/mol. The van der Waals surface area contributed by atoms with E-state index >= 15 is 0 Å². The summed E-state index contributed by atoms with van der Waals surface area (Å²) in [7, 11) is 0. The molecule has 7 heteroatoms. The number of carboxylic acids is 1. The number of carboxylic acid groups (broad SMARTS) is 1. The smallest absolute Gasteiger partial charge is 0.317 e. The van der Waals surface area contributed by atoms with Crippen LogP contribution in [-0.2, 0) is 16.1 Å². The lowest BCUT2D eigenvalue weighted by molar-refractivity contribution is -0.138. The van der Waals surface area contributed by atoms with E-state index in [1.807, 2.05) is 12.3 Å². The second-order valence-corrected chi connectivity index (χ2v) is 5.07. The first-order chi connectivity index (χ1) is 9.47. The van der Waals surface area contributed by atoms with Crippen molar-refractivity contribution in [3.63, 3.8) is 0 Å². The average molecular weight is 297 g/mol. The first-order valence-electron chi connectivity index (χ1n) is 6.25. The molecule has 0 aliphatic rings. The van der Waals surface area contributed by atoms with Crippen LogP contribution in [0.25, 0.3) is 0 Å². The number of amides is 1. The van der Waals surface area contributed by atoms with Crippen LogP contribution in [-0.4, -0.2) is 46.5 Å². The summed E-state index contributed by atoms with van der Waals surface area (Å²) in [4.78, 5) is 29.9. The van der Waals surface area contributed by atoms with Crippen molar-refractivity contribution in [3.05, 3.63) is 23.7 Å². The van der Waals surface area contributed by atoms with E-state index in [0.717, 1.165) is 5.69 Å². The number of anilines is 1. The van der Waals surface area contributed by atoms with Crippen molar-refractivity contribution >= 4 is 28.3 Å². The Hall–Kier alpha value is -1.73. The van der Waals surface area contributed by atoms with Crippen LogP contribution in [0.5, 0.6) is 0 Å². The van der Waals surface area contributed by atoms with Gasteiger partial charge in [-0.3, -0.25) is 19.4 Å². The number of thiazole rings is 1. The second kappa shape index (κ2) is 7.76. The zero-order valence-corrected chi connectivity index (χ0v) is 12.5. The van der Waals surface area contributed by atoms with Crippen LogP contribution in [0.15, 0.2) is 18.0 Å². The zero-order chi connectivity index (χ0) is 15.1. The molecule has 1 amide bonds. The molecule has 0 aliphatic carbocycles. The molecule has 0 bridgehead atoms. The third-order valence-electron chi connectivity index (χ3n) is 2.60. The normalized spacial score (nSPS) is 10.6. The lowest BCUT2D eigenvalue weighted by atomic mass is 10.4. The van der Waals surface area contributed by atoms with Gasteiger partial charge in [0.05, 0.1) is 12.2 Å². The summed E-state index contributed by atoms with van der Waals surface area (Å²) < 4.78 is 0. The number of aliphatic carboxylic acids is 1. The molecule has 0 saturated carbocycles. The Morgan fingerprint density at radius 2 is 2.25 bits per heavy atom. The van der Waals surface area contributed by atoms with Gasteiger partial charge in [-0.2, -0.15) is 0 Å². The maximum atomic E-state index is 11.4. The number of aromatic nitrogens is 1. The van der Waals surface area contributed by atoms with Crippen LogP contribution in [0.2, 0.25) is 0 Å². The Morgan fingerprint density at radius 1 is 1.55 bits per heavy atom. The lowest BCUT2D eigenvalue weighted by Crippen LogP contribution is -2.30. The fourth-order valence-electron chi connectivity index (χ4n) is 1.77. The number of hydrogen-bond acceptors (Lipinski definition) is 5. The molecular weight excluding hydrogens is 278 g/mol. The van der Waals surface area contributed by atoms with Crippen molar-refractivity contribution in [2.24, 2.45) is 0 Å². The van der Waals surface area contributed by atoms with E-state index in [9.17, 15) is 9.59 Å². The van der Waals surface area contributed by atoms with E-state index in [1.54, 1.807) is 15.9 Å². The molecule has 1 aromatic rings. The fourth-order valence-corrected chi connectivity index (χ4v) is 2.70. The van der Waals surface area contributed by atoms with E-state index in [1.165, 1.54) is 18.3 Å². The summed E-state index contributed by atoms with van der Waals surface area (Å²) in [5, 5.41) is 11.3. The van der Waals surface area contributed by atoms with Crippen molar-refractivity contribution in [2.45, 2.75) is 20.4 Å². The van der Waals surface area contributed by atoms with Gasteiger partial charge in [-0.15, -0.1) is 17.9 Å². The number of nitrogens with zero attached hydrogens (tertiary/aromatic N) is 3. The van der Waals surface area contributed by atoms with Gasteiger partial charge in [0.25, 0.3) is 0 Å². The largest absolute Gasteiger partial charge is 0.480 e. The van der Waals surface area contributed by atoms with Crippen molar-refractivity contribution in [1.29, 1.82) is 0 Å². The van der Waals surface area contributed by atoms with Crippen LogP contribution in [0.3, 0.4) is 0 Å². The summed E-state index contributed by atoms with van der Waals surface area (Å²) in [6.45, 7) is 8.39. The highest BCUT2D eigenvalue weighted by Gasteiger charge is 2.15. The highest BCUT2D eigenvalue weighted by molar-refractivity contribution is 7.14. The number of rotatable bonds is 8. The van der Waals surface area contributed by atoms with Gasteiger partial charge in [0.15, 0.2) is 5.13 Å². The molecule has 1 aromatic heterocycles. The van der Waals surface area contributed by atoms with Gasteiger partial charge in [0.2, 0.25) is 5.91 Å². The summed E-state index contributed by atoms with van der Waals surface area (Å²) >= 11 is 1.38. The summed E-state index contributed by atoms with van der Waals surface area (Å²) in [6.07, 6.45) is 1.66. The molecule has 0 aliphatic heterocycles. The highest BCUT2D eigenvalue weighted by Crippen LogP contribution is 2.21. The van der Waals surface area contributed by atoms with Crippen LogP contribution in [0, 0.1) is 0 Å². The molecule has 0 saturated heterocycles. The van der Waals surface area contributed by atoms with Gasteiger partial charge in [-0.05, 0) is 6.92 Å². The molecule has 110 valence electrons. The molecular formula is C13H19N3O3S. The van der Waals surface area contributed by atoms with Gasteiger partial charge in [0.1, 0.15) is 0 Å². The van der Waals surface area contributed by atoms with Gasteiger partial charge in [0, 0.05) is 31.9 Å². The second-order valence-electron chi connectivity index (χ2n) is 4.24. The Balaban J connectivity index is 2.77. The number of hydrogen-bond donors (Lipinski definition) is 1. The third kappa shape index (κ3) is 4.75. The lowest BCUT2D eigenvalue weighted by Gasteiger charge is -2.17. The van der Waals surface area contributed by atoms with Crippen LogP contribution >= 0.6 is 11.3 Å². The van der Waals surface area contributed by atoms with Crippen LogP contribution < -0.4 is 4.90 Å². The number of carbonyl (C=O) groups excluding carboxylic acids is 1. The van der Waals surface area contributed by atoms with Crippen molar-refractivity contribution in [2.75, 3.05) is 24.5 Å². The van der Waals surface area contributed by atoms with Crippen molar-refractivity contribution in [3.8, 4) is 0 Å². The maximum absolute atomic E-state index is 11.4. The Bertz CT molecular complexity index is 487. The quantitative estimate of drug-likeness (QED) is 0.738. The van der Waals surface area contributed by atoms with Gasteiger partial charge in [-0.25, -0.2) is 4.98 Å². The predicted octanol–water partition coefficient (Wildman–Crippen LogP) is 1.59. The SMILES string of the molecule is C=CCN(CC(=O)O)Cc1csc(N(CC)C(C)=O)n1. The molecule has 1 heterocycles. The molecule has 20 heavy (non-hydrogen) atoms. The molecule has 1 rings (SSSR count). The molecule has 0 radical (unpaired) electrons. The molecule has 0 spiro atoms. The van der Waals surface area contributed by atoms with Crippen molar-refractivity contribution < 1.29 is 14.7 Å². The monoisotopic (exact) mass is 297 g/mol. The summed E-state index contributed by atoms with van der Waals surface area (Å²) in [5.74, 6) is -0.942. The summed E-state index contributed by atoms with van der Waals surface area (Å²) in [6, 6.07) is 0. The van der Waals surface area contributed by atoms with Gasteiger partial charge < -0.3 is 5.11 Å². The summed E-state index contributed by atoms with van der Waals surface area (Å²) in [5.41, 5.74) is 0.757. The van der Waals surface area contributed by atoms with Crippen molar-refractivity contribution in [1.82, 2.24) is 9.88 Å². The maximum Gasteiger partial charge on any atom is 0.317 e. The van der Waals surface area contributed by atoms with E-state index in [0.29, 0.717) is 24.8 Å². The minimum Gasteiger partial charge on any atom is -0.480 e. The molecule has 1 N–H and O–H groups in total. The molecule has 0 aromatic carbocycles. The first-order valence-corrected chi connectivity index (χ1v) is 7.13.